The molecule has 0 unspecified atom stereocenters. The van der Waals surface area contributed by atoms with Crippen LogP contribution < -0.4 is 15.4 Å². The van der Waals surface area contributed by atoms with Crippen LogP contribution >= 0.6 is 0 Å². The van der Waals surface area contributed by atoms with Gasteiger partial charge in [-0.05, 0) is 50.3 Å². The van der Waals surface area contributed by atoms with Gasteiger partial charge in [-0.25, -0.2) is 4.39 Å². The van der Waals surface area contributed by atoms with Crippen LogP contribution in [-0.4, -0.2) is 61.2 Å². The molecule has 2 aliphatic heterocycles. The van der Waals surface area contributed by atoms with Gasteiger partial charge in [-0.3, -0.25) is 4.68 Å². The predicted octanol–water partition coefficient (Wildman–Crippen LogP) is 3.33. The summed E-state index contributed by atoms with van der Waals surface area (Å²) in [6.45, 7) is 4.44. The van der Waals surface area contributed by atoms with Gasteiger partial charge in [0.05, 0.1) is 19.0 Å². The number of halogens is 1. The Morgan fingerprint density at radius 3 is 2.41 bits per heavy atom. The van der Waals surface area contributed by atoms with E-state index in [1.54, 1.807) is 7.11 Å². The Balaban J connectivity index is 1.53. The fourth-order valence-corrected chi connectivity index (χ4v) is 4.91. The molecule has 2 fully saturated rings. The van der Waals surface area contributed by atoms with Gasteiger partial charge in [0.25, 0.3) is 0 Å². The van der Waals surface area contributed by atoms with Gasteiger partial charge < -0.3 is 20.3 Å². The Bertz CT molecular complexity index is 834. The molecule has 0 radical (unpaired) electrons. The average Bonchev–Trinajstić information content (AvgIpc) is 3.17. The molecule has 0 bridgehead atoms. The standard InChI is InChI=1S/C22H32FN5O/c1-26-16-17(15-25-26)18-13-19(24)21(29-2)14-20(18)28-10-5-22(6-11-28)3-8-27(9-4-22)12-7-23/h13-16H,3-12,24H2,1-2H3. The molecular formula is C22H32FN5O. The minimum Gasteiger partial charge on any atom is -0.495 e. The van der Waals surface area contributed by atoms with Crippen molar-refractivity contribution in [3.63, 3.8) is 0 Å². The van der Waals surface area contributed by atoms with E-state index < -0.39 is 0 Å². The third kappa shape index (κ3) is 4.06. The molecule has 1 aromatic heterocycles. The van der Waals surface area contributed by atoms with Gasteiger partial charge in [0.1, 0.15) is 12.4 Å². The molecule has 3 heterocycles. The summed E-state index contributed by atoms with van der Waals surface area (Å²) in [5.74, 6) is 0.715. The summed E-state index contributed by atoms with van der Waals surface area (Å²) in [7, 11) is 3.59. The van der Waals surface area contributed by atoms with E-state index in [4.69, 9.17) is 10.5 Å². The molecule has 158 valence electrons. The van der Waals surface area contributed by atoms with Crippen LogP contribution in [0, 0.1) is 5.41 Å². The molecule has 1 aromatic carbocycles. The van der Waals surface area contributed by atoms with Crippen molar-refractivity contribution in [3.8, 4) is 16.9 Å². The molecule has 2 aromatic rings. The number of anilines is 2. The SMILES string of the molecule is COc1cc(N2CCC3(CCN(CCF)CC3)CC2)c(-c2cnn(C)c2)cc1N. The number of aromatic nitrogens is 2. The molecule has 2 aliphatic rings. The smallest absolute Gasteiger partial charge is 0.143 e. The summed E-state index contributed by atoms with van der Waals surface area (Å²) in [6.07, 6.45) is 8.63. The van der Waals surface area contributed by atoms with Crippen molar-refractivity contribution in [1.82, 2.24) is 14.7 Å². The minimum absolute atomic E-state index is 0.239. The zero-order valence-corrected chi connectivity index (χ0v) is 17.5. The van der Waals surface area contributed by atoms with E-state index in [1.807, 2.05) is 30.2 Å². The highest BCUT2D eigenvalue weighted by Gasteiger charge is 2.38. The van der Waals surface area contributed by atoms with E-state index in [2.05, 4.69) is 21.0 Å². The van der Waals surface area contributed by atoms with Gasteiger partial charge in [0.15, 0.2) is 0 Å². The normalized spacial score (nSPS) is 19.6. The Kier molecular flexibility index (Phi) is 5.67. The van der Waals surface area contributed by atoms with Gasteiger partial charge >= 0.3 is 0 Å². The molecule has 7 heteroatoms. The molecule has 2 saturated heterocycles. The van der Waals surface area contributed by atoms with Gasteiger partial charge in [-0.15, -0.1) is 0 Å². The summed E-state index contributed by atoms with van der Waals surface area (Å²) in [5.41, 5.74) is 10.6. The third-order valence-corrected chi connectivity index (χ3v) is 6.85. The lowest BCUT2D eigenvalue weighted by molar-refractivity contribution is 0.0764. The zero-order valence-electron chi connectivity index (χ0n) is 17.5. The number of aryl methyl sites for hydroxylation is 1. The van der Waals surface area contributed by atoms with Crippen molar-refractivity contribution < 1.29 is 9.13 Å². The number of likely N-dealkylation sites (tertiary alicyclic amines) is 1. The van der Waals surface area contributed by atoms with Crippen LogP contribution in [0.4, 0.5) is 15.8 Å². The largest absolute Gasteiger partial charge is 0.495 e. The minimum atomic E-state index is -0.239. The van der Waals surface area contributed by atoms with Crippen molar-refractivity contribution in [1.29, 1.82) is 0 Å². The molecular weight excluding hydrogens is 369 g/mol. The number of hydrogen-bond donors (Lipinski definition) is 1. The molecule has 0 atom stereocenters. The van der Waals surface area contributed by atoms with Gasteiger partial charge in [-0.2, -0.15) is 5.10 Å². The maximum absolute atomic E-state index is 12.6. The van der Waals surface area contributed by atoms with Crippen molar-refractivity contribution in [2.75, 3.05) is 57.1 Å². The maximum Gasteiger partial charge on any atom is 0.143 e. The lowest BCUT2D eigenvalue weighted by Crippen LogP contribution is -2.47. The second kappa shape index (κ2) is 8.22. The van der Waals surface area contributed by atoms with E-state index in [0.717, 1.165) is 43.0 Å². The number of benzene rings is 1. The molecule has 0 aliphatic carbocycles. The second-order valence-corrected chi connectivity index (χ2v) is 8.53. The number of nitrogens with zero attached hydrogens (tertiary/aromatic N) is 4. The van der Waals surface area contributed by atoms with E-state index in [9.17, 15) is 4.39 Å². The van der Waals surface area contributed by atoms with Crippen LogP contribution in [0.3, 0.4) is 0 Å². The highest BCUT2D eigenvalue weighted by Crippen LogP contribution is 2.45. The third-order valence-electron chi connectivity index (χ3n) is 6.85. The Hall–Kier alpha value is -2.28. The van der Waals surface area contributed by atoms with Crippen molar-refractivity contribution in [2.45, 2.75) is 25.7 Å². The summed E-state index contributed by atoms with van der Waals surface area (Å²) >= 11 is 0. The van der Waals surface area contributed by atoms with Crippen LogP contribution in [0.2, 0.25) is 0 Å². The first-order valence-electron chi connectivity index (χ1n) is 10.5. The Morgan fingerprint density at radius 2 is 1.83 bits per heavy atom. The quantitative estimate of drug-likeness (QED) is 0.779. The van der Waals surface area contributed by atoms with Crippen molar-refractivity contribution in [3.05, 3.63) is 24.5 Å². The van der Waals surface area contributed by atoms with Crippen LogP contribution in [0.25, 0.3) is 11.1 Å². The topological polar surface area (TPSA) is 59.5 Å². The molecule has 0 saturated carbocycles. The predicted molar refractivity (Wildman–Crippen MR) is 115 cm³/mol. The lowest BCUT2D eigenvalue weighted by Gasteiger charge is -2.47. The summed E-state index contributed by atoms with van der Waals surface area (Å²) < 4.78 is 20.0. The molecule has 6 nitrogen and oxygen atoms in total. The van der Waals surface area contributed by atoms with Gasteiger partial charge in [0, 0.05) is 55.8 Å². The Morgan fingerprint density at radius 1 is 1.14 bits per heavy atom. The Labute approximate surface area is 172 Å². The molecule has 0 amide bonds. The monoisotopic (exact) mass is 401 g/mol. The van der Waals surface area contributed by atoms with Crippen molar-refractivity contribution >= 4 is 11.4 Å². The van der Waals surface area contributed by atoms with Crippen LogP contribution in [0.15, 0.2) is 24.5 Å². The van der Waals surface area contributed by atoms with Gasteiger partial charge in [-0.1, -0.05) is 0 Å². The first kappa shape index (κ1) is 20.0. The first-order valence-corrected chi connectivity index (χ1v) is 10.5. The fraction of sp³-hybridized carbons (Fsp3) is 0.591. The van der Waals surface area contributed by atoms with Crippen LogP contribution in [0.1, 0.15) is 25.7 Å². The molecule has 2 N–H and O–H groups in total. The van der Waals surface area contributed by atoms with Crippen LogP contribution in [0.5, 0.6) is 5.75 Å². The second-order valence-electron chi connectivity index (χ2n) is 8.53. The molecule has 1 spiro atoms. The molecule has 29 heavy (non-hydrogen) atoms. The number of alkyl halides is 1. The first-order chi connectivity index (χ1) is 14.0. The highest BCUT2D eigenvalue weighted by atomic mass is 19.1. The van der Waals surface area contributed by atoms with E-state index >= 15 is 0 Å². The number of hydrogen-bond acceptors (Lipinski definition) is 5. The number of nitrogen functional groups attached to an aromatic ring is 1. The number of ether oxygens (including phenoxy) is 1. The number of rotatable bonds is 5. The van der Waals surface area contributed by atoms with E-state index in [1.165, 1.54) is 25.7 Å². The van der Waals surface area contributed by atoms with E-state index in [0.29, 0.717) is 23.4 Å². The fourth-order valence-electron chi connectivity index (χ4n) is 4.91. The molecule has 4 rings (SSSR count). The highest BCUT2D eigenvalue weighted by molar-refractivity contribution is 5.83. The van der Waals surface area contributed by atoms with Gasteiger partial charge in [0.2, 0.25) is 0 Å². The van der Waals surface area contributed by atoms with E-state index in [-0.39, 0.29) is 6.67 Å². The summed E-state index contributed by atoms with van der Waals surface area (Å²) in [4.78, 5) is 4.73. The number of methoxy groups -OCH3 is 1. The summed E-state index contributed by atoms with van der Waals surface area (Å²) in [6, 6.07) is 4.07. The van der Waals surface area contributed by atoms with Crippen LogP contribution in [-0.2, 0) is 7.05 Å². The number of piperidine rings is 2. The number of nitrogens with two attached hydrogens (primary N) is 1. The zero-order chi connectivity index (χ0) is 20.4. The summed E-state index contributed by atoms with van der Waals surface area (Å²) in [5, 5.41) is 4.34. The maximum atomic E-state index is 12.6. The van der Waals surface area contributed by atoms with Crippen molar-refractivity contribution in [2.24, 2.45) is 12.5 Å². The lowest BCUT2D eigenvalue weighted by atomic mass is 9.71. The average molecular weight is 402 g/mol.